The Balaban J connectivity index is 1.43. The molecule has 0 spiro atoms. The average Bonchev–Trinajstić information content (AvgIpc) is 3.44. The first-order valence-corrected chi connectivity index (χ1v) is 11.2. The van der Waals surface area contributed by atoms with Crippen LogP contribution in [0.1, 0.15) is 5.69 Å². The number of aromatic nitrogens is 3. The predicted octanol–water partition coefficient (Wildman–Crippen LogP) is 5.61. The summed E-state index contributed by atoms with van der Waals surface area (Å²) in [6.07, 6.45) is 1.66. The van der Waals surface area contributed by atoms with Crippen LogP contribution in [-0.4, -0.2) is 14.5 Å². The number of hydrogen-bond donors (Lipinski definition) is 0. The van der Waals surface area contributed by atoms with Crippen molar-refractivity contribution in [1.29, 1.82) is 0 Å². The van der Waals surface area contributed by atoms with Crippen LogP contribution in [0.4, 0.5) is 0 Å². The summed E-state index contributed by atoms with van der Waals surface area (Å²) in [5.41, 5.74) is 3.67. The standard InChI is InChI=1S/C23H17N3O2S2/c1-26-22(27)19-18(15-8-4-2-5-9-15)14-29-21(19)25-23(26)30-13-17-12-28-20(24-17)16-10-6-3-7-11-16/h2-12,14H,13H2,1H3. The molecule has 148 valence electrons. The Labute approximate surface area is 181 Å². The molecule has 0 bridgehead atoms. The minimum absolute atomic E-state index is 0.0345. The number of nitrogens with zero attached hydrogens (tertiary/aromatic N) is 3. The fourth-order valence-electron chi connectivity index (χ4n) is 3.24. The fraction of sp³-hybridized carbons (Fsp3) is 0.0870. The van der Waals surface area contributed by atoms with Gasteiger partial charge in [-0.15, -0.1) is 11.3 Å². The van der Waals surface area contributed by atoms with E-state index in [9.17, 15) is 4.79 Å². The second kappa shape index (κ2) is 7.93. The van der Waals surface area contributed by atoms with Gasteiger partial charge in [-0.05, 0) is 17.7 Å². The minimum atomic E-state index is -0.0345. The smallest absolute Gasteiger partial charge is 0.263 e. The average molecular weight is 432 g/mol. The van der Waals surface area contributed by atoms with E-state index in [1.165, 1.54) is 23.1 Å². The van der Waals surface area contributed by atoms with E-state index < -0.39 is 0 Å². The van der Waals surface area contributed by atoms with Gasteiger partial charge in [0.05, 0.1) is 11.1 Å². The lowest BCUT2D eigenvalue weighted by atomic mass is 10.1. The molecule has 0 N–H and O–H groups in total. The lowest BCUT2D eigenvalue weighted by Crippen LogP contribution is -2.19. The van der Waals surface area contributed by atoms with E-state index in [2.05, 4.69) is 4.98 Å². The number of thiophene rings is 1. The monoisotopic (exact) mass is 431 g/mol. The maximum absolute atomic E-state index is 13.1. The van der Waals surface area contributed by atoms with Crippen molar-refractivity contribution < 1.29 is 4.42 Å². The van der Waals surface area contributed by atoms with E-state index in [4.69, 9.17) is 9.40 Å². The quantitative estimate of drug-likeness (QED) is 0.267. The zero-order valence-electron chi connectivity index (χ0n) is 16.1. The Hall–Kier alpha value is -3.16. The van der Waals surface area contributed by atoms with E-state index in [-0.39, 0.29) is 5.56 Å². The molecule has 0 aliphatic heterocycles. The molecule has 3 aromatic heterocycles. The van der Waals surface area contributed by atoms with Crippen LogP contribution in [-0.2, 0) is 12.8 Å². The van der Waals surface area contributed by atoms with Crippen molar-refractivity contribution in [2.24, 2.45) is 7.05 Å². The van der Waals surface area contributed by atoms with E-state index in [1.807, 2.05) is 66.0 Å². The van der Waals surface area contributed by atoms with Gasteiger partial charge in [-0.1, -0.05) is 60.3 Å². The van der Waals surface area contributed by atoms with Gasteiger partial charge < -0.3 is 4.42 Å². The first kappa shape index (κ1) is 18.8. The second-order valence-corrected chi connectivity index (χ2v) is 8.55. The maximum atomic E-state index is 13.1. The number of hydrogen-bond acceptors (Lipinski definition) is 6. The van der Waals surface area contributed by atoms with Crippen LogP contribution in [0.15, 0.2) is 86.7 Å². The molecular weight excluding hydrogens is 414 g/mol. The second-order valence-electron chi connectivity index (χ2n) is 6.75. The summed E-state index contributed by atoms with van der Waals surface area (Å²) >= 11 is 2.98. The van der Waals surface area contributed by atoms with E-state index >= 15 is 0 Å². The third-order valence-electron chi connectivity index (χ3n) is 4.78. The largest absolute Gasteiger partial charge is 0.444 e. The van der Waals surface area contributed by atoms with Gasteiger partial charge in [0.15, 0.2) is 5.16 Å². The van der Waals surface area contributed by atoms with Crippen LogP contribution in [0, 0.1) is 0 Å². The molecule has 0 radical (unpaired) electrons. The molecule has 0 atom stereocenters. The zero-order valence-corrected chi connectivity index (χ0v) is 17.7. The first-order valence-electron chi connectivity index (χ1n) is 9.37. The van der Waals surface area contributed by atoms with Gasteiger partial charge in [0, 0.05) is 29.3 Å². The highest BCUT2D eigenvalue weighted by Crippen LogP contribution is 2.32. The zero-order chi connectivity index (χ0) is 20.5. The Kier molecular flexibility index (Phi) is 4.98. The predicted molar refractivity (Wildman–Crippen MR) is 122 cm³/mol. The Bertz CT molecular complexity index is 1370. The topological polar surface area (TPSA) is 60.9 Å². The van der Waals surface area contributed by atoms with Gasteiger partial charge in [0.2, 0.25) is 5.89 Å². The van der Waals surface area contributed by atoms with E-state index in [0.717, 1.165) is 27.2 Å². The summed E-state index contributed by atoms with van der Waals surface area (Å²) < 4.78 is 7.22. The van der Waals surface area contributed by atoms with Gasteiger partial charge in [0.1, 0.15) is 11.1 Å². The minimum Gasteiger partial charge on any atom is -0.444 e. The molecule has 0 unspecified atom stereocenters. The molecular formula is C23H17N3O2S2. The highest BCUT2D eigenvalue weighted by atomic mass is 32.2. The van der Waals surface area contributed by atoms with Crippen LogP contribution in [0.25, 0.3) is 32.8 Å². The van der Waals surface area contributed by atoms with Gasteiger partial charge in [-0.3, -0.25) is 9.36 Å². The third-order valence-corrected chi connectivity index (χ3v) is 6.72. The molecule has 0 fully saturated rings. The molecule has 2 aromatic carbocycles. The van der Waals surface area contributed by atoms with Crippen molar-refractivity contribution in [1.82, 2.24) is 14.5 Å². The number of benzene rings is 2. The summed E-state index contributed by atoms with van der Waals surface area (Å²) in [4.78, 5) is 23.1. The fourth-order valence-corrected chi connectivity index (χ4v) is 5.07. The van der Waals surface area contributed by atoms with Gasteiger partial charge in [-0.2, -0.15) is 0 Å². The Morgan fingerprint density at radius 1 is 1.00 bits per heavy atom. The van der Waals surface area contributed by atoms with E-state index in [1.54, 1.807) is 17.9 Å². The van der Waals surface area contributed by atoms with Crippen LogP contribution in [0.2, 0.25) is 0 Å². The molecule has 0 aliphatic carbocycles. The summed E-state index contributed by atoms with van der Waals surface area (Å²) in [5, 5.41) is 3.34. The van der Waals surface area contributed by atoms with E-state index in [0.29, 0.717) is 22.2 Å². The lowest BCUT2D eigenvalue weighted by molar-refractivity contribution is 0.573. The van der Waals surface area contributed by atoms with Gasteiger partial charge in [0.25, 0.3) is 5.56 Å². The van der Waals surface area contributed by atoms with Crippen molar-refractivity contribution in [3.63, 3.8) is 0 Å². The van der Waals surface area contributed by atoms with Gasteiger partial charge >= 0.3 is 0 Å². The van der Waals surface area contributed by atoms with Crippen LogP contribution >= 0.6 is 23.1 Å². The van der Waals surface area contributed by atoms with Crippen molar-refractivity contribution in [3.05, 3.63) is 88.4 Å². The maximum Gasteiger partial charge on any atom is 0.263 e. The molecule has 5 aromatic rings. The Morgan fingerprint density at radius 3 is 2.43 bits per heavy atom. The molecule has 5 rings (SSSR count). The summed E-state index contributed by atoms with van der Waals surface area (Å²) in [5.74, 6) is 1.16. The van der Waals surface area contributed by atoms with Crippen LogP contribution in [0.3, 0.4) is 0 Å². The molecule has 0 aliphatic rings. The molecule has 7 heteroatoms. The molecule has 30 heavy (non-hydrogen) atoms. The van der Waals surface area contributed by atoms with Crippen molar-refractivity contribution >= 4 is 33.3 Å². The summed E-state index contributed by atoms with van der Waals surface area (Å²) in [7, 11) is 1.77. The number of thioether (sulfide) groups is 1. The summed E-state index contributed by atoms with van der Waals surface area (Å²) in [6.45, 7) is 0. The Morgan fingerprint density at radius 2 is 1.70 bits per heavy atom. The van der Waals surface area contributed by atoms with Crippen molar-refractivity contribution in [2.45, 2.75) is 10.9 Å². The van der Waals surface area contributed by atoms with Crippen LogP contribution < -0.4 is 5.56 Å². The number of oxazole rings is 1. The highest BCUT2D eigenvalue weighted by Gasteiger charge is 2.16. The van der Waals surface area contributed by atoms with Crippen molar-refractivity contribution in [3.8, 4) is 22.6 Å². The van der Waals surface area contributed by atoms with Crippen LogP contribution in [0.5, 0.6) is 0 Å². The molecule has 5 nitrogen and oxygen atoms in total. The molecule has 0 amide bonds. The number of rotatable bonds is 5. The highest BCUT2D eigenvalue weighted by molar-refractivity contribution is 7.98. The molecule has 3 heterocycles. The SMILES string of the molecule is Cn1c(SCc2coc(-c3ccccc3)n2)nc2scc(-c3ccccc3)c2c1=O. The molecule has 0 saturated carbocycles. The van der Waals surface area contributed by atoms with Gasteiger partial charge in [-0.25, -0.2) is 9.97 Å². The first-order chi connectivity index (χ1) is 14.7. The third kappa shape index (κ3) is 3.46. The van der Waals surface area contributed by atoms with Crippen molar-refractivity contribution in [2.75, 3.05) is 0 Å². The lowest BCUT2D eigenvalue weighted by Gasteiger charge is -2.07. The normalized spacial score (nSPS) is 11.2. The molecule has 0 saturated heterocycles. The summed E-state index contributed by atoms with van der Waals surface area (Å²) in [6, 6.07) is 19.7. The number of fused-ring (bicyclic) bond motifs is 1.